The third-order valence-electron chi connectivity index (χ3n) is 14.9. The Hall–Kier alpha value is -1.14. The zero-order chi connectivity index (χ0) is 49.3. The van der Waals surface area contributed by atoms with Crippen molar-refractivity contribution in [2.24, 2.45) is 0 Å². The summed E-state index contributed by atoms with van der Waals surface area (Å²) in [5.41, 5.74) is 0. The van der Waals surface area contributed by atoms with E-state index in [9.17, 15) is 19.8 Å². The Labute approximate surface area is 426 Å². The molecule has 0 fully saturated rings. The van der Waals surface area contributed by atoms with Crippen LogP contribution in [0.4, 0.5) is 0 Å². The summed E-state index contributed by atoms with van der Waals surface area (Å²) in [4.78, 5) is 24.6. The summed E-state index contributed by atoms with van der Waals surface area (Å²) >= 11 is 0. The Morgan fingerprint density at radius 1 is 0.353 bits per heavy atom. The highest BCUT2D eigenvalue weighted by Crippen LogP contribution is 2.19. The smallest absolute Gasteiger partial charge is 0.305 e. The largest absolute Gasteiger partial charge is 0.466 e. The zero-order valence-corrected chi connectivity index (χ0v) is 46.4. The molecule has 0 saturated carbocycles. The Kier molecular flexibility index (Phi) is 57.5. The number of nitrogens with one attached hydrogen (secondary N) is 1. The SMILES string of the molecule is CCCCCCCCCCCCCCCCCCCC(=O)OCCCCCCCCCCCCCCCCCCCCC(=O)NC(CO)C(O)CCCCCCCCCCCCCCCCCC. The van der Waals surface area contributed by atoms with Crippen molar-refractivity contribution in [2.75, 3.05) is 13.2 Å². The second-order valence-corrected chi connectivity index (χ2v) is 21.8. The minimum Gasteiger partial charge on any atom is -0.466 e. The van der Waals surface area contributed by atoms with Gasteiger partial charge in [0.1, 0.15) is 0 Å². The number of aliphatic hydroxyl groups excluding tert-OH is 2. The van der Waals surface area contributed by atoms with E-state index in [1.165, 1.54) is 289 Å². The highest BCUT2D eigenvalue weighted by atomic mass is 16.5. The number of carbonyl (C=O) groups excluding carboxylic acids is 2. The van der Waals surface area contributed by atoms with E-state index in [2.05, 4.69) is 19.2 Å². The van der Waals surface area contributed by atoms with Crippen LogP contribution in [0.2, 0.25) is 0 Å². The van der Waals surface area contributed by atoms with Crippen molar-refractivity contribution in [1.29, 1.82) is 0 Å². The van der Waals surface area contributed by atoms with Gasteiger partial charge in [0.25, 0.3) is 0 Å². The van der Waals surface area contributed by atoms with Gasteiger partial charge < -0.3 is 20.3 Å². The van der Waals surface area contributed by atoms with Gasteiger partial charge in [-0.05, 0) is 25.7 Å². The highest BCUT2D eigenvalue weighted by Gasteiger charge is 2.20. The van der Waals surface area contributed by atoms with Crippen molar-refractivity contribution >= 4 is 11.9 Å². The summed E-state index contributed by atoms with van der Waals surface area (Å²) in [6.07, 6.45) is 68.2. The number of ether oxygens (including phenoxy) is 1. The Balaban J connectivity index is 3.37. The third kappa shape index (κ3) is 54.2. The summed E-state index contributed by atoms with van der Waals surface area (Å²) in [6, 6.07) is -0.543. The second kappa shape index (κ2) is 58.4. The maximum absolute atomic E-state index is 12.5. The van der Waals surface area contributed by atoms with Gasteiger partial charge in [-0.2, -0.15) is 0 Å². The van der Waals surface area contributed by atoms with Crippen LogP contribution in [0, 0.1) is 0 Å². The average Bonchev–Trinajstić information content (AvgIpc) is 3.34. The van der Waals surface area contributed by atoms with E-state index < -0.39 is 12.1 Å². The molecule has 0 aliphatic carbocycles. The molecule has 0 aromatic rings. The van der Waals surface area contributed by atoms with Gasteiger partial charge in [0.15, 0.2) is 0 Å². The lowest BCUT2D eigenvalue weighted by Crippen LogP contribution is -2.45. The number of rotatable bonds is 59. The van der Waals surface area contributed by atoms with Crippen LogP contribution in [-0.2, 0) is 14.3 Å². The van der Waals surface area contributed by atoms with Crippen LogP contribution in [0.3, 0.4) is 0 Å². The van der Waals surface area contributed by atoms with E-state index in [4.69, 9.17) is 4.74 Å². The number of hydrogen-bond acceptors (Lipinski definition) is 5. The van der Waals surface area contributed by atoms with Gasteiger partial charge in [-0.1, -0.05) is 322 Å². The van der Waals surface area contributed by atoms with Crippen molar-refractivity contribution in [3.63, 3.8) is 0 Å². The van der Waals surface area contributed by atoms with Gasteiger partial charge in [-0.3, -0.25) is 9.59 Å². The maximum Gasteiger partial charge on any atom is 0.305 e. The van der Waals surface area contributed by atoms with Gasteiger partial charge in [-0.15, -0.1) is 0 Å². The van der Waals surface area contributed by atoms with Crippen LogP contribution in [0.25, 0.3) is 0 Å². The monoisotopic (exact) mass is 962 g/mol. The van der Waals surface area contributed by atoms with Gasteiger partial charge in [0.05, 0.1) is 25.4 Å². The van der Waals surface area contributed by atoms with E-state index in [-0.39, 0.29) is 18.5 Å². The Morgan fingerprint density at radius 2 is 0.603 bits per heavy atom. The highest BCUT2D eigenvalue weighted by molar-refractivity contribution is 5.76. The Bertz CT molecular complexity index is 975. The van der Waals surface area contributed by atoms with E-state index in [0.29, 0.717) is 25.9 Å². The first-order valence-electron chi connectivity index (χ1n) is 31.3. The number of aliphatic hydroxyl groups is 2. The third-order valence-corrected chi connectivity index (χ3v) is 14.9. The molecule has 0 aromatic heterocycles. The molecule has 3 N–H and O–H groups in total. The molecule has 0 spiro atoms. The van der Waals surface area contributed by atoms with Crippen molar-refractivity contribution in [1.82, 2.24) is 5.32 Å². The fourth-order valence-corrected chi connectivity index (χ4v) is 10.1. The van der Waals surface area contributed by atoms with Crippen LogP contribution in [0.15, 0.2) is 0 Å². The lowest BCUT2D eigenvalue weighted by molar-refractivity contribution is -0.143. The summed E-state index contributed by atoms with van der Waals surface area (Å²) in [7, 11) is 0. The maximum atomic E-state index is 12.5. The van der Waals surface area contributed by atoms with Crippen LogP contribution in [-0.4, -0.2) is 47.4 Å². The van der Waals surface area contributed by atoms with Crippen molar-refractivity contribution < 1.29 is 24.5 Å². The average molecular weight is 963 g/mol. The normalized spacial score (nSPS) is 12.5. The van der Waals surface area contributed by atoms with Crippen LogP contribution >= 0.6 is 0 Å². The predicted molar refractivity (Wildman–Crippen MR) is 297 cm³/mol. The fraction of sp³-hybridized carbons (Fsp3) is 0.968. The number of hydrogen-bond donors (Lipinski definition) is 3. The summed E-state index contributed by atoms with van der Waals surface area (Å²) in [6.45, 7) is 4.98. The summed E-state index contributed by atoms with van der Waals surface area (Å²) in [5.74, 6) is -0.0229. The van der Waals surface area contributed by atoms with Crippen molar-refractivity contribution in [3.8, 4) is 0 Å². The number of esters is 1. The zero-order valence-electron chi connectivity index (χ0n) is 46.4. The first-order chi connectivity index (χ1) is 33.5. The van der Waals surface area contributed by atoms with Crippen LogP contribution in [0.1, 0.15) is 361 Å². The number of amides is 1. The van der Waals surface area contributed by atoms with E-state index in [1.54, 1.807) is 0 Å². The molecule has 0 aromatic carbocycles. The molecule has 1 amide bonds. The van der Waals surface area contributed by atoms with E-state index in [0.717, 1.165) is 38.5 Å². The second-order valence-electron chi connectivity index (χ2n) is 21.8. The minimum absolute atomic E-state index is 0.0125. The fourth-order valence-electron chi connectivity index (χ4n) is 10.1. The summed E-state index contributed by atoms with van der Waals surface area (Å²) < 4.78 is 5.50. The van der Waals surface area contributed by atoms with Gasteiger partial charge in [0.2, 0.25) is 5.91 Å². The predicted octanol–water partition coefficient (Wildman–Crippen LogP) is 19.5. The molecule has 0 rings (SSSR count). The molecule has 0 saturated heterocycles. The van der Waals surface area contributed by atoms with Crippen LogP contribution < -0.4 is 5.32 Å². The van der Waals surface area contributed by atoms with Crippen LogP contribution in [0.5, 0.6) is 0 Å². The molecule has 0 heterocycles. The van der Waals surface area contributed by atoms with Crippen molar-refractivity contribution in [3.05, 3.63) is 0 Å². The lowest BCUT2D eigenvalue weighted by atomic mass is 10.0. The summed E-state index contributed by atoms with van der Waals surface area (Å²) in [5, 5.41) is 23.3. The van der Waals surface area contributed by atoms with E-state index in [1.807, 2.05) is 0 Å². The molecule has 2 unspecified atom stereocenters. The van der Waals surface area contributed by atoms with Gasteiger partial charge in [0, 0.05) is 12.8 Å². The van der Waals surface area contributed by atoms with Crippen molar-refractivity contribution in [2.45, 2.75) is 373 Å². The number of carbonyl (C=O) groups is 2. The topological polar surface area (TPSA) is 95.9 Å². The molecule has 0 bridgehead atoms. The molecule has 6 nitrogen and oxygen atoms in total. The standard InChI is InChI=1S/C62H123NO5/c1-3-5-7-9-11-13-15-17-19-23-28-32-36-40-44-48-52-56-62(67)68-57-53-49-45-41-37-33-29-25-22-21-24-27-31-35-39-43-47-51-55-61(66)63-59(58-64)60(65)54-50-46-42-38-34-30-26-20-18-16-14-12-10-8-6-4-2/h59-60,64-65H,3-58H2,1-2H3,(H,63,66). The van der Waals surface area contributed by atoms with E-state index >= 15 is 0 Å². The molecule has 68 heavy (non-hydrogen) atoms. The molecule has 0 aliphatic heterocycles. The first kappa shape index (κ1) is 66.9. The molecular formula is C62H123NO5. The number of unbranched alkanes of at least 4 members (excludes halogenated alkanes) is 48. The Morgan fingerprint density at radius 3 is 0.897 bits per heavy atom. The molecule has 0 radical (unpaired) electrons. The molecular weight excluding hydrogens is 839 g/mol. The first-order valence-corrected chi connectivity index (χ1v) is 31.3. The molecule has 0 aliphatic rings. The quantitative estimate of drug-likeness (QED) is 0.0417. The molecule has 6 heteroatoms. The molecule has 406 valence electrons. The minimum atomic E-state index is -0.666. The van der Waals surface area contributed by atoms with Gasteiger partial charge >= 0.3 is 5.97 Å². The molecule has 2 atom stereocenters. The van der Waals surface area contributed by atoms with Gasteiger partial charge in [-0.25, -0.2) is 0 Å². The lowest BCUT2D eigenvalue weighted by Gasteiger charge is -2.22.